The lowest BCUT2D eigenvalue weighted by molar-refractivity contribution is -0.276. The van der Waals surface area contributed by atoms with Crippen LogP contribution < -0.4 is 4.74 Å². The summed E-state index contributed by atoms with van der Waals surface area (Å²) in [6.07, 6.45) is -3.17. The molecule has 0 aliphatic carbocycles. The quantitative estimate of drug-likeness (QED) is 0.636. The van der Waals surface area contributed by atoms with Gasteiger partial charge in [0.05, 0.1) is 0 Å². The second-order valence-corrected chi connectivity index (χ2v) is 3.50. The summed E-state index contributed by atoms with van der Waals surface area (Å²) >= 11 is 3.00. The fourth-order valence-corrected chi connectivity index (χ4v) is 1.69. The monoisotopic (exact) mass is 297 g/mol. The van der Waals surface area contributed by atoms with Gasteiger partial charge in [0.1, 0.15) is 0 Å². The van der Waals surface area contributed by atoms with Crippen LogP contribution in [0.15, 0.2) is 6.20 Å². The molecule has 0 aromatic carbocycles. The number of rotatable bonds is 3. The number of aryl methyl sites for hydroxylation is 1. The van der Waals surface area contributed by atoms with Gasteiger partial charge in [-0.3, -0.25) is 4.79 Å². The fourth-order valence-electron chi connectivity index (χ4n) is 1.15. The molecule has 0 saturated heterocycles. The molecule has 0 aliphatic rings. The lowest BCUT2D eigenvalue weighted by atomic mass is 10.1. The van der Waals surface area contributed by atoms with E-state index in [4.69, 9.17) is 0 Å². The molecule has 1 aromatic heterocycles. The number of hydrogen-bond donors (Lipinski definition) is 0. The van der Waals surface area contributed by atoms with Crippen LogP contribution in [0.2, 0.25) is 0 Å². The van der Waals surface area contributed by atoms with Gasteiger partial charge in [0, 0.05) is 22.7 Å². The highest BCUT2D eigenvalue weighted by Crippen LogP contribution is 2.28. The summed E-state index contributed by atoms with van der Waals surface area (Å²) in [6.45, 7) is 1.58. The van der Waals surface area contributed by atoms with Crippen molar-refractivity contribution in [3.05, 3.63) is 22.9 Å². The molecule has 16 heavy (non-hydrogen) atoms. The van der Waals surface area contributed by atoms with E-state index >= 15 is 0 Å². The Balaban J connectivity index is 3.25. The summed E-state index contributed by atoms with van der Waals surface area (Å²) in [5, 5.41) is 0.0567. The van der Waals surface area contributed by atoms with Gasteiger partial charge in [-0.25, -0.2) is 4.98 Å². The molecule has 0 aliphatic heterocycles. The Morgan fingerprint density at radius 1 is 1.56 bits per heavy atom. The number of aldehydes is 1. The van der Waals surface area contributed by atoms with Crippen LogP contribution in [0.5, 0.6) is 5.88 Å². The van der Waals surface area contributed by atoms with Crippen molar-refractivity contribution in [1.29, 1.82) is 0 Å². The summed E-state index contributed by atoms with van der Waals surface area (Å²) in [7, 11) is 0. The van der Waals surface area contributed by atoms with Gasteiger partial charge in [0.15, 0.2) is 6.29 Å². The van der Waals surface area contributed by atoms with Crippen molar-refractivity contribution in [2.45, 2.75) is 18.6 Å². The van der Waals surface area contributed by atoms with Crippen LogP contribution in [0.25, 0.3) is 0 Å². The molecule has 0 fully saturated rings. The second-order valence-electron chi connectivity index (χ2n) is 2.94. The molecule has 0 saturated carbocycles. The van der Waals surface area contributed by atoms with E-state index in [1.807, 2.05) is 0 Å². The van der Waals surface area contributed by atoms with Crippen molar-refractivity contribution >= 4 is 22.2 Å². The normalized spacial score (nSPS) is 11.3. The number of nitrogens with zero attached hydrogens (tertiary/aromatic N) is 1. The minimum Gasteiger partial charge on any atom is -0.388 e. The molecule has 0 bridgehead atoms. The Kier molecular flexibility index (Phi) is 3.90. The molecule has 1 aromatic rings. The third-order valence-electron chi connectivity index (χ3n) is 1.85. The number of carbonyl (C=O) groups excluding carboxylic acids is 1. The maximum atomic E-state index is 12.0. The van der Waals surface area contributed by atoms with Crippen molar-refractivity contribution in [2.75, 3.05) is 0 Å². The Morgan fingerprint density at radius 2 is 2.19 bits per heavy atom. The first-order valence-electron chi connectivity index (χ1n) is 4.14. The Bertz CT molecular complexity index is 406. The van der Waals surface area contributed by atoms with Gasteiger partial charge in [0.2, 0.25) is 5.88 Å². The molecular weight excluding hydrogens is 291 g/mol. The number of alkyl halides is 4. The van der Waals surface area contributed by atoms with Gasteiger partial charge < -0.3 is 4.74 Å². The van der Waals surface area contributed by atoms with E-state index in [1.165, 1.54) is 0 Å². The summed E-state index contributed by atoms with van der Waals surface area (Å²) in [5.74, 6) is -0.600. The SMILES string of the molecule is Cc1cnc(OC(F)(F)F)c(CBr)c1C=O. The molecule has 0 amide bonds. The average molecular weight is 298 g/mol. The zero-order valence-corrected chi connectivity index (χ0v) is 9.72. The zero-order valence-electron chi connectivity index (χ0n) is 8.14. The highest BCUT2D eigenvalue weighted by Gasteiger charge is 2.33. The van der Waals surface area contributed by atoms with Gasteiger partial charge in [-0.2, -0.15) is 0 Å². The highest BCUT2D eigenvalue weighted by atomic mass is 79.9. The van der Waals surface area contributed by atoms with Gasteiger partial charge in [0.25, 0.3) is 0 Å². The number of aromatic nitrogens is 1. The highest BCUT2D eigenvalue weighted by molar-refractivity contribution is 9.08. The van der Waals surface area contributed by atoms with Crippen molar-refractivity contribution < 1.29 is 22.7 Å². The maximum Gasteiger partial charge on any atom is 0.574 e. The summed E-state index contributed by atoms with van der Waals surface area (Å²) in [4.78, 5) is 14.3. The Morgan fingerprint density at radius 3 is 2.62 bits per heavy atom. The zero-order chi connectivity index (χ0) is 12.3. The molecule has 0 atom stereocenters. The fraction of sp³-hybridized carbons (Fsp3) is 0.333. The minimum absolute atomic E-state index is 0.0567. The van der Waals surface area contributed by atoms with Crippen LogP contribution in [0.3, 0.4) is 0 Å². The van der Waals surface area contributed by atoms with Crippen molar-refractivity contribution in [3.63, 3.8) is 0 Å². The first kappa shape index (κ1) is 13.0. The third-order valence-corrected chi connectivity index (χ3v) is 2.41. The molecule has 0 spiro atoms. The topological polar surface area (TPSA) is 39.2 Å². The Hall–Kier alpha value is -1.11. The largest absolute Gasteiger partial charge is 0.574 e. The van der Waals surface area contributed by atoms with Gasteiger partial charge in [-0.05, 0) is 12.5 Å². The lowest BCUT2D eigenvalue weighted by Crippen LogP contribution is -2.19. The molecule has 0 unspecified atom stereocenters. The molecule has 0 N–H and O–H groups in total. The first-order chi connectivity index (χ1) is 7.39. The second kappa shape index (κ2) is 4.82. The van der Waals surface area contributed by atoms with E-state index in [9.17, 15) is 18.0 Å². The van der Waals surface area contributed by atoms with Crippen molar-refractivity contribution in [1.82, 2.24) is 4.98 Å². The molecule has 1 heterocycles. The van der Waals surface area contributed by atoms with Gasteiger partial charge in [-0.1, -0.05) is 15.9 Å². The predicted octanol–water partition coefficient (Wildman–Crippen LogP) is 3.00. The standard InChI is InChI=1S/C9H7BrF3NO2/c1-5-3-14-8(16-9(11,12)13)6(2-10)7(5)4-15/h3-4H,2H2,1H3. The van der Waals surface area contributed by atoms with E-state index in [2.05, 4.69) is 25.7 Å². The summed E-state index contributed by atoms with van der Waals surface area (Å²) < 4.78 is 39.8. The van der Waals surface area contributed by atoms with E-state index in [1.54, 1.807) is 6.92 Å². The number of pyridine rings is 1. The Labute approximate surface area is 97.8 Å². The van der Waals surface area contributed by atoms with Crippen LogP contribution >= 0.6 is 15.9 Å². The van der Waals surface area contributed by atoms with E-state index in [0.29, 0.717) is 11.8 Å². The average Bonchev–Trinajstić information content (AvgIpc) is 2.18. The maximum absolute atomic E-state index is 12.0. The van der Waals surface area contributed by atoms with Crippen LogP contribution in [-0.2, 0) is 5.33 Å². The number of carbonyl (C=O) groups is 1. The van der Waals surface area contributed by atoms with Crippen LogP contribution in [0, 0.1) is 6.92 Å². The van der Waals surface area contributed by atoms with E-state index in [-0.39, 0.29) is 16.5 Å². The molecular formula is C9H7BrF3NO2. The molecule has 0 radical (unpaired) electrons. The minimum atomic E-state index is -4.82. The molecule has 88 valence electrons. The number of hydrogen-bond acceptors (Lipinski definition) is 3. The number of ether oxygens (including phenoxy) is 1. The molecule has 3 nitrogen and oxygen atoms in total. The molecule has 1 rings (SSSR count). The van der Waals surface area contributed by atoms with Gasteiger partial charge in [-0.15, -0.1) is 13.2 Å². The smallest absolute Gasteiger partial charge is 0.388 e. The molecule has 7 heteroatoms. The summed E-state index contributed by atoms with van der Waals surface area (Å²) in [6, 6.07) is 0. The summed E-state index contributed by atoms with van der Waals surface area (Å²) in [5.41, 5.74) is 0.748. The van der Waals surface area contributed by atoms with Crippen LogP contribution in [-0.4, -0.2) is 17.6 Å². The number of halogens is 4. The van der Waals surface area contributed by atoms with Crippen molar-refractivity contribution in [3.8, 4) is 5.88 Å². The van der Waals surface area contributed by atoms with Crippen LogP contribution in [0.1, 0.15) is 21.5 Å². The van der Waals surface area contributed by atoms with E-state index < -0.39 is 12.2 Å². The third kappa shape index (κ3) is 2.94. The first-order valence-corrected chi connectivity index (χ1v) is 5.26. The lowest BCUT2D eigenvalue weighted by Gasteiger charge is -2.13. The van der Waals surface area contributed by atoms with Crippen LogP contribution in [0.4, 0.5) is 13.2 Å². The van der Waals surface area contributed by atoms with E-state index in [0.717, 1.165) is 6.20 Å². The predicted molar refractivity (Wildman–Crippen MR) is 53.7 cm³/mol. The van der Waals surface area contributed by atoms with Crippen molar-refractivity contribution in [2.24, 2.45) is 0 Å². The van der Waals surface area contributed by atoms with Gasteiger partial charge >= 0.3 is 6.36 Å².